The first-order valence-electron chi connectivity index (χ1n) is 13.8. The highest BCUT2D eigenvalue weighted by atomic mass is 16.4. The lowest BCUT2D eigenvalue weighted by molar-refractivity contribution is -0.137. The molecule has 0 radical (unpaired) electrons. The Balaban J connectivity index is 0. The maximum atomic E-state index is 11.6. The minimum atomic E-state index is -0.661. The second-order valence-electron chi connectivity index (χ2n) is 9.19. The fourth-order valence-electron chi connectivity index (χ4n) is 3.74. The lowest BCUT2D eigenvalue weighted by atomic mass is 10.0. The molecule has 0 saturated carbocycles. The van der Waals surface area contributed by atoms with Crippen molar-refractivity contribution in [2.45, 2.75) is 168 Å². The summed E-state index contributed by atoms with van der Waals surface area (Å²) in [6, 6.07) is 0. The molecule has 0 amide bonds. The summed E-state index contributed by atoms with van der Waals surface area (Å²) >= 11 is 0. The number of aliphatic carboxylic acids is 1. The molecule has 0 saturated heterocycles. The lowest BCUT2D eigenvalue weighted by Crippen LogP contribution is -1.97. The first-order valence-corrected chi connectivity index (χ1v) is 13.8. The van der Waals surface area contributed by atoms with Gasteiger partial charge in [-0.1, -0.05) is 130 Å². The SMILES string of the molecule is CCCCCCCCC(=O)CCCCCCCC.CCCCCCCCCCC(=O)O. The van der Waals surface area contributed by atoms with Crippen LogP contribution in [0.3, 0.4) is 0 Å². The van der Waals surface area contributed by atoms with Gasteiger partial charge in [0.25, 0.3) is 0 Å². The van der Waals surface area contributed by atoms with Crippen molar-refractivity contribution in [1.29, 1.82) is 0 Å². The van der Waals surface area contributed by atoms with Gasteiger partial charge in [0.1, 0.15) is 5.78 Å². The van der Waals surface area contributed by atoms with Gasteiger partial charge in [-0.2, -0.15) is 0 Å². The second kappa shape index (κ2) is 29.1. The summed E-state index contributed by atoms with van der Waals surface area (Å²) in [5.74, 6) is -0.160. The number of rotatable bonds is 23. The van der Waals surface area contributed by atoms with Crippen molar-refractivity contribution in [2.75, 3.05) is 0 Å². The minimum Gasteiger partial charge on any atom is -0.481 e. The van der Waals surface area contributed by atoms with Gasteiger partial charge in [-0.15, -0.1) is 0 Å². The van der Waals surface area contributed by atoms with E-state index in [0.29, 0.717) is 12.2 Å². The molecule has 0 rings (SSSR count). The van der Waals surface area contributed by atoms with Crippen LogP contribution in [-0.2, 0) is 9.59 Å². The normalized spacial score (nSPS) is 10.5. The van der Waals surface area contributed by atoms with Crippen LogP contribution < -0.4 is 0 Å². The molecular weight excluding hydrogens is 384 g/mol. The van der Waals surface area contributed by atoms with E-state index in [9.17, 15) is 9.59 Å². The Morgan fingerprint density at radius 3 is 0.968 bits per heavy atom. The summed E-state index contributed by atoms with van der Waals surface area (Å²) in [4.78, 5) is 21.8. The van der Waals surface area contributed by atoms with Crippen LogP contribution >= 0.6 is 0 Å². The third-order valence-corrected chi connectivity index (χ3v) is 5.86. The van der Waals surface area contributed by atoms with E-state index in [0.717, 1.165) is 38.5 Å². The third kappa shape index (κ3) is 34.0. The molecule has 0 spiro atoms. The molecule has 0 atom stereocenters. The van der Waals surface area contributed by atoms with Crippen molar-refractivity contribution < 1.29 is 14.7 Å². The molecule has 31 heavy (non-hydrogen) atoms. The number of carbonyl (C=O) groups is 2. The number of ketones is 1. The molecule has 0 aromatic heterocycles. The fraction of sp³-hybridized carbons (Fsp3) is 0.929. The highest BCUT2D eigenvalue weighted by molar-refractivity contribution is 5.78. The monoisotopic (exact) mass is 440 g/mol. The molecule has 3 nitrogen and oxygen atoms in total. The smallest absolute Gasteiger partial charge is 0.303 e. The average Bonchev–Trinajstić information content (AvgIpc) is 2.75. The molecule has 0 aliphatic rings. The second-order valence-corrected chi connectivity index (χ2v) is 9.19. The zero-order chi connectivity index (χ0) is 23.4. The summed E-state index contributed by atoms with van der Waals surface area (Å²) in [7, 11) is 0. The van der Waals surface area contributed by atoms with Crippen molar-refractivity contribution in [2.24, 2.45) is 0 Å². The standard InChI is InChI=1S/C17H34O.C11H22O2/c1-3-5-7-9-11-13-15-17(18)16-14-12-10-8-6-4-2;1-2-3-4-5-6-7-8-9-10-11(12)13/h3-16H2,1-2H3;2-10H2,1H3,(H,12,13). The molecule has 186 valence electrons. The number of unbranched alkanes of at least 4 members (excludes halogenated alkanes) is 17. The predicted octanol–water partition coefficient (Wildman–Crippen LogP) is 9.66. The molecule has 3 heteroatoms. The summed E-state index contributed by atoms with van der Waals surface area (Å²) in [5, 5.41) is 8.39. The molecule has 0 heterocycles. The van der Waals surface area contributed by atoms with Gasteiger partial charge in [-0.25, -0.2) is 0 Å². The number of carboxylic acids is 1. The maximum Gasteiger partial charge on any atom is 0.303 e. The Hall–Kier alpha value is -0.860. The number of Topliss-reactive ketones (excluding diaryl/α,β-unsaturated/α-hetero) is 1. The Bertz CT molecular complexity index is 347. The van der Waals surface area contributed by atoms with Gasteiger partial charge in [0.2, 0.25) is 0 Å². The van der Waals surface area contributed by atoms with E-state index in [-0.39, 0.29) is 0 Å². The highest BCUT2D eigenvalue weighted by Gasteiger charge is 2.01. The first kappa shape index (κ1) is 32.3. The maximum absolute atomic E-state index is 11.6. The molecule has 0 aliphatic carbocycles. The Kier molecular flexibility index (Phi) is 30.4. The predicted molar refractivity (Wildman–Crippen MR) is 136 cm³/mol. The topological polar surface area (TPSA) is 54.4 Å². The van der Waals surface area contributed by atoms with E-state index in [1.807, 2.05) is 0 Å². The van der Waals surface area contributed by atoms with E-state index < -0.39 is 5.97 Å². The van der Waals surface area contributed by atoms with Crippen LogP contribution in [-0.4, -0.2) is 16.9 Å². The number of carbonyl (C=O) groups excluding carboxylic acids is 1. The summed E-state index contributed by atoms with van der Waals surface area (Å²) in [6.07, 6.45) is 27.1. The van der Waals surface area contributed by atoms with Gasteiger partial charge in [0.15, 0.2) is 0 Å². The molecule has 0 bridgehead atoms. The summed E-state index contributed by atoms with van der Waals surface area (Å²) < 4.78 is 0. The van der Waals surface area contributed by atoms with Crippen molar-refractivity contribution in [1.82, 2.24) is 0 Å². The Labute approximate surface area is 195 Å². The van der Waals surface area contributed by atoms with Crippen molar-refractivity contribution in [3.8, 4) is 0 Å². The Morgan fingerprint density at radius 2 is 0.677 bits per heavy atom. The number of hydrogen-bond donors (Lipinski definition) is 1. The first-order chi connectivity index (χ1) is 15.1. The van der Waals surface area contributed by atoms with E-state index in [4.69, 9.17) is 5.11 Å². The number of carboxylic acid groups (broad SMARTS) is 1. The fourth-order valence-corrected chi connectivity index (χ4v) is 3.74. The van der Waals surface area contributed by atoms with Crippen molar-refractivity contribution >= 4 is 11.8 Å². The van der Waals surface area contributed by atoms with Crippen LogP contribution in [0.4, 0.5) is 0 Å². The molecule has 0 aromatic rings. The highest BCUT2D eigenvalue weighted by Crippen LogP contribution is 2.11. The molecule has 1 N–H and O–H groups in total. The zero-order valence-electron chi connectivity index (χ0n) is 21.5. The third-order valence-electron chi connectivity index (χ3n) is 5.86. The van der Waals surface area contributed by atoms with Gasteiger partial charge in [-0.3, -0.25) is 9.59 Å². The molecule has 0 aromatic carbocycles. The summed E-state index contributed by atoms with van der Waals surface area (Å²) in [6.45, 7) is 6.70. The molecule has 0 aliphatic heterocycles. The molecular formula is C28H56O3. The van der Waals surface area contributed by atoms with E-state index in [2.05, 4.69) is 20.8 Å². The van der Waals surface area contributed by atoms with Crippen LogP contribution in [0.2, 0.25) is 0 Å². The van der Waals surface area contributed by atoms with Crippen molar-refractivity contribution in [3.63, 3.8) is 0 Å². The van der Waals surface area contributed by atoms with Gasteiger partial charge < -0.3 is 5.11 Å². The van der Waals surface area contributed by atoms with E-state index >= 15 is 0 Å². The molecule has 0 fully saturated rings. The van der Waals surface area contributed by atoms with Crippen LogP contribution in [0.5, 0.6) is 0 Å². The quantitative estimate of drug-likeness (QED) is 0.161. The van der Waals surface area contributed by atoms with Crippen molar-refractivity contribution in [3.05, 3.63) is 0 Å². The Morgan fingerprint density at radius 1 is 0.419 bits per heavy atom. The lowest BCUT2D eigenvalue weighted by Gasteiger charge is -2.02. The minimum absolute atomic E-state index is 0.342. The number of hydrogen-bond acceptors (Lipinski definition) is 2. The van der Waals surface area contributed by atoms with Gasteiger partial charge in [0.05, 0.1) is 0 Å². The van der Waals surface area contributed by atoms with Gasteiger partial charge in [0, 0.05) is 19.3 Å². The summed E-state index contributed by atoms with van der Waals surface area (Å²) in [5.41, 5.74) is 0. The van der Waals surface area contributed by atoms with E-state index in [1.54, 1.807) is 0 Å². The molecule has 0 unspecified atom stereocenters. The average molecular weight is 441 g/mol. The van der Waals surface area contributed by atoms with Crippen LogP contribution in [0, 0.1) is 0 Å². The van der Waals surface area contributed by atoms with E-state index in [1.165, 1.54) is 103 Å². The van der Waals surface area contributed by atoms with Crippen LogP contribution in [0.25, 0.3) is 0 Å². The zero-order valence-corrected chi connectivity index (χ0v) is 21.5. The van der Waals surface area contributed by atoms with Crippen LogP contribution in [0.1, 0.15) is 168 Å². The van der Waals surface area contributed by atoms with Crippen LogP contribution in [0.15, 0.2) is 0 Å². The van der Waals surface area contributed by atoms with Gasteiger partial charge in [-0.05, 0) is 19.3 Å². The van der Waals surface area contributed by atoms with Gasteiger partial charge >= 0.3 is 5.97 Å². The largest absolute Gasteiger partial charge is 0.481 e.